The summed E-state index contributed by atoms with van der Waals surface area (Å²) in [5.41, 5.74) is 5.15. The summed E-state index contributed by atoms with van der Waals surface area (Å²) in [6.45, 7) is 5.01. The number of carbonyl (C=O) groups excluding carboxylic acids is 1. The first-order chi connectivity index (χ1) is 17.7. The van der Waals surface area contributed by atoms with Crippen LogP contribution in [0.4, 0.5) is 0 Å². The fraction of sp³-hybridized carbons (Fsp3) is 0.185. The van der Waals surface area contributed by atoms with Crippen LogP contribution >= 0.6 is 11.8 Å². The summed E-state index contributed by atoms with van der Waals surface area (Å²) in [7, 11) is 0. The van der Waals surface area contributed by atoms with Crippen molar-refractivity contribution in [2.45, 2.75) is 19.0 Å². The number of benzene rings is 3. The van der Waals surface area contributed by atoms with Crippen LogP contribution in [0.25, 0.3) is 17.1 Å². The van der Waals surface area contributed by atoms with E-state index in [0.29, 0.717) is 29.9 Å². The molecular formula is C27H27N5O3S. The van der Waals surface area contributed by atoms with Crippen molar-refractivity contribution in [1.29, 1.82) is 0 Å². The molecule has 1 aromatic heterocycles. The molecule has 1 amide bonds. The summed E-state index contributed by atoms with van der Waals surface area (Å²) in [6.07, 6.45) is 1.57. The molecule has 0 fully saturated rings. The number of para-hydroxylation sites is 1. The van der Waals surface area contributed by atoms with Crippen molar-refractivity contribution in [2.24, 2.45) is 5.10 Å². The van der Waals surface area contributed by atoms with Gasteiger partial charge in [-0.3, -0.25) is 9.36 Å². The fourth-order valence-electron chi connectivity index (χ4n) is 3.44. The third-order valence-electron chi connectivity index (χ3n) is 5.02. The molecule has 0 aliphatic heterocycles. The SMILES string of the molecule is CCOc1ccc(-n2c(SCC(=O)N/N=C\c3ccccc3OCC)nnc2-c2ccccc2)cc1. The summed E-state index contributed by atoms with van der Waals surface area (Å²) >= 11 is 1.28. The Labute approximate surface area is 214 Å². The lowest BCUT2D eigenvalue weighted by atomic mass is 10.2. The average molecular weight is 502 g/mol. The second-order valence-electron chi connectivity index (χ2n) is 7.49. The third kappa shape index (κ3) is 6.31. The maximum atomic E-state index is 12.5. The van der Waals surface area contributed by atoms with E-state index >= 15 is 0 Å². The second-order valence-corrected chi connectivity index (χ2v) is 8.43. The zero-order valence-corrected chi connectivity index (χ0v) is 20.9. The summed E-state index contributed by atoms with van der Waals surface area (Å²) in [5.74, 6) is 2.05. The van der Waals surface area contributed by atoms with Crippen LogP contribution in [0.1, 0.15) is 19.4 Å². The number of nitrogens with one attached hydrogen (secondary N) is 1. The van der Waals surface area contributed by atoms with Gasteiger partial charge in [0.15, 0.2) is 11.0 Å². The molecule has 0 saturated heterocycles. The van der Waals surface area contributed by atoms with Gasteiger partial charge in [0.2, 0.25) is 0 Å². The molecule has 0 bridgehead atoms. The van der Waals surface area contributed by atoms with Crippen molar-refractivity contribution in [3.63, 3.8) is 0 Å². The van der Waals surface area contributed by atoms with Gasteiger partial charge in [0.25, 0.3) is 5.91 Å². The summed E-state index contributed by atoms with van der Waals surface area (Å²) < 4.78 is 13.1. The molecule has 184 valence electrons. The molecule has 0 spiro atoms. The van der Waals surface area contributed by atoms with Crippen LogP contribution in [-0.2, 0) is 4.79 Å². The standard InChI is InChI=1S/C27H27N5O3S/c1-3-34-23-16-14-22(15-17-23)32-26(20-10-6-5-7-11-20)30-31-27(32)36-19-25(33)29-28-18-21-12-8-9-13-24(21)35-4-2/h5-18H,3-4,19H2,1-2H3,(H,29,33)/b28-18-. The van der Waals surface area contributed by atoms with E-state index in [2.05, 4.69) is 20.7 Å². The molecule has 4 rings (SSSR count). The molecule has 0 unspecified atom stereocenters. The predicted octanol–water partition coefficient (Wildman–Crippen LogP) is 4.97. The van der Waals surface area contributed by atoms with Crippen molar-refractivity contribution >= 4 is 23.9 Å². The first-order valence-corrected chi connectivity index (χ1v) is 12.6. The molecule has 0 saturated carbocycles. The van der Waals surface area contributed by atoms with E-state index in [1.807, 2.05) is 97.3 Å². The van der Waals surface area contributed by atoms with E-state index in [9.17, 15) is 4.79 Å². The third-order valence-corrected chi connectivity index (χ3v) is 5.94. The highest BCUT2D eigenvalue weighted by Gasteiger charge is 2.17. The lowest BCUT2D eigenvalue weighted by Crippen LogP contribution is -2.20. The molecule has 0 aliphatic carbocycles. The lowest BCUT2D eigenvalue weighted by Gasteiger charge is -2.11. The van der Waals surface area contributed by atoms with Crippen LogP contribution in [0.15, 0.2) is 89.1 Å². The molecule has 0 atom stereocenters. The van der Waals surface area contributed by atoms with Gasteiger partial charge in [0.05, 0.1) is 25.2 Å². The molecule has 1 N–H and O–H groups in total. The molecular weight excluding hydrogens is 474 g/mol. The number of aromatic nitrogens is 3. The maximum Gasteiger partial charge on any atom is 0.250 e. The Morgan fingerprint density at radius 1 is 0.944 bits per heavy atom. The maximum absolute atomic E-state index is 12.5. The summed E-state index contributed by atoms with van der Waals surface area (Å²) in [5, 5.41) is 13.5. The number of nitrogens with zero attached hydrogens (tertiary/aromatic N) is 4. The molecule has 0 radical (unpaired) electrons. The van der Waals surface area contributed by atoms with Crippen LogP contribution in [0.5, 0.6) is 11.5 Å². The van der Waals surface area contributed by atoms with Crippen molar-refractivity contribution in [3.8, 4) is 28.6 Å². The molecule has 4 aromatic rings. The molecule has 9 heteroatoms. The predicted molar refractivity (Wildman–Crippen MR) is 142 cm³/mol. The highest BCUT2D eigenvalue weighted by molar-refractivity contribution is 7.99. The van der Waals surface area contributed by atoms with E-state index < -0.39 is 0 Å². The second kappa shape index (κ2) is 12.6. The smallest absolute Gasteiger partial charge is 0.250 e. The minimum Gasteiger partial charge on any atom is -0.494 e. The topological polar surface area (TPSA) is 90.6 Å². The monoisotopic (exact) mass is 501 g/mol. The fourth-order valence-corrected chi connectivity index (χ4v) is 4.18. The van der Waals surface area contributed by atoms with Crippen molar-refractivity contribution in [1.82, 2.24) is 20.2 Å². The van der Waals surface area contributed by atoms with Gasteiger partial charge in [-0.2, -0.15) is 5.10 Å². The molecule has 0 aliphatic rings. The first kappa shape index (κ1) is 25.0. The summed E-state index contributed by atoms with van der Waals surface area (Å²) in [6, 6.07) is 25.0. The van der Waals surface area contributed by atoms with Crippen LogP contribution in [0.2, 0.25) is 0 Å². The Balaban J connectivity index is 1.49. The number of amides is 1. The van der Waals surface area contributed by atoms with Crippen LogP contribution in [-0.4, -0.2) is 45.9 Å². The van der Waals surface area contributed by atoms with E-state index in [-0.39, 0.29) is 11.7 Å². The number of hydrazone groups is 1. The quantitative estimate of drug-likeness (QED) is 0.177. The first-order valence-electron chi connectivity index (χ1n) is 11.6. The van der Waals surface area contributed by atoms with Crippen molar-refractivity contribution < 1.29 is 14.3 Å². The van der Waals surface area contributed by atoms with Crippen molar-refractivity contribution in [3.05, 3.63) is 84.4 Å². The van der Waals surface area contributed by atoms with E-state index in [4.69, 9.17) is 9.47 Å². The number of rotatable bonds is 11. The highest BCUT2D eigenvalue weighted by Crippen LogP contribution is 2.28. The average Bonchev–Trinajstić information content (AvgIpc) is 3.34. The number of hydrogen-bond acceptors (Lipinski definition) is 7. The van der Waals surface area contributed by atoms with Crippen molar-refractivity contribution in [2.75, 3.05) is 19.0 Å². The Morgan fingerprint density at radius 3 is 2.42 bits per heavy atom. The lowest BCUT2D eigenvalue weighted by molar-refractivity contribution is -0.118. The summed E-state index contributed by atoms with van der Waals surface area (Å²) in [4.78, 5) is 12.5. The van der Waals surface area contributed by atoms with Gasteiger partial charge >= 0.3 is 0 Å². The number of ether oxygens (including phenoxy) is 2. The largest absolute Gasteiger partial charge is 0.494 e. The minimum atomic E-state index is -0.257. The zero-order valence-electron chi connectivity index (χ0n) is 20.1. The van der Waals surface area contributed by atoms with Gasteiger partial charge < -0.3 is 9.47 Å². The molecule has 1 heterocycles. The zero-order chi connectivity index (χ0) is 25.2. The Kier molecular flexibility index (Phi) is 8.72. The molecule has 3 aromatic carbocycles. The van der Waals surface area contributed by atoms with Gasteiger partial charge in [0, 0.05) is 16.8 Å². The van der Waals surface area contributed by atoms with Gasteiger partial charge in [-0.15, -0.1) is 10.2 Å². The number of hydrogen-bond donors (Lipinski definition) is 1. The van der Waals surface area contributed by atoms with Gasteiger partial charge in [-0.25, -0.2) is 5.43 Å². The van der Waals surface area contributed by atoms with Gasteiger partial charge in [-0.05, 0) is 50.2 Å². The van der Waals surface area contributed by atoms with E-state index in [1.54, 1.807) is 6.21 Å². The van der Waals surface area contributed by atoms with Gasteiger partial charge in [0.1, 0.15) is 11.5 Å². The van der Waals surface area contributed by atoms with Gasteiger partial charge in [-0.1, -0.05) is 54.2 Å². The Morgan fingerprint density at radius 2 is 1.67 bits per heavy atom. The van der Waals surface area contributed by atoms with Crippen LogP contribution in [0, 0.1) is 0 Å². The molecule has 8 nitrogen and oxygen atoms in total. The Hall–Kier alpha value is -4.11. The number of thioether (sulfide) groups is 1. The van der Waals surface area contributed by atoms with Crippen LogP contribution in [0.3, 0.4) is 0 Å². The molecule has 36 heavy (non-hydrogen) atoms. The van der Waals surface area contributed by atoms with E-state index in [0.717, 1.165) is 22.6 Å². The number of carbonyl (C=O) groups is 1. The Bertz CT molecular complexity index is 1310. The highest BCUT2D eigenvalue weighted by atomic mass is 32.2. The van der Waals surface area contributed by atoms with Crippen LogP contribution < -0.4 is 14.9 Å². The van der Waals surface area contributed by atoms with E-state index in [1.165, 1.54) is 11.8 Å². The normalized spacial score (nSPS) is 10.9. The minimum absolute atomic E-state index is 0.119.